The summed E-state index contributed by atoms with van der Waals surface area (Å²) in [5, 5.41) is 14.4. The molecule has 1 atom stereocenters. The summed E-state index contributed by atoms with van der Waals surface area (Å²) in [5.74, 6) is 1.59. The van der Waals surface area contributed by atoms with E-state index in [9.17, 15) is 14.2 Å². The van der Waals surface area contributed by atoms with Crippen LogP contribution in [0.2, 0.25) is 5.02 Å². The summed E-state index contributed by atoms with van der Waals surface area (Å²) in [6.45, 7) is 11.1. The van der Waals surface area contributed by atoms with Crippen LogP contribution in [0.4, 0.5) is 34.5 Å². The number of para-hydroxylation sites is 1. The monoisotopic (exact) mass is 840 g/mol. The van der Waals surface area contributed by atoms with Crippen LogP contribution in [0.5, 0.6) is 5.75 Å². The Hall–Kier alpha value is -4.88. The average molecular weight is 841 g/mol. The fourth-order valence-corrected chi connectivity index (χ4v) is 10.1. The minimum atomic E-state index is -2.55. The van der Waals surface area contributed by atoms with Crippen LogP contribution in [0.25, 0.3) is 0 Å². The number of ether oxygens (including phenoxy) is 1. The predicted octanol–water partition coefficient (Wildman–Crippen LogP) is 5.81. The summed E-state index contributed by atoms with van der Waals surface area (Å²) in [6, 6.07) is 20.0. The van der Waals surface area contributed by atoms with Crippen molar-refractivity contribution in [2.45, 2.75) is 44.3 Å². The van der Waals surface area contributed by atoms with Crippen LogP contribution in [-0.4, -0.2) is 128 Å². The Labute approximate surface area is 351 Å². The van der Waals surface area contributed by atoms with Crippen molar-refractivity contribution in [3.8, 4) is 5.75 Å². The number of carbonyl (C=O) groups is 2. The maximum absolute atomic E-state index is 13.4. The number of aromatic nitrogens is 2. The van der Waals surface area contributed by atoms with Gasteiger partial charge in [0.05, 0.1) is 31.2 Å². The van der Waals surface area contributed by atoms with Crippen LogP contribution in [0.1, 0.15) is 41.6 Å². The smallest absolute Gasteiger partial charge is 0.254 e. The third kappa shape index (κ3) is 9.16. The first-order valence-corrected chi connectivity index (χ1v) is 23.6. The molecule has 3 aromatic carbocycles. The SMILES string of the molecule is COc1cc(N2CCC(N3CCN(C(=O)CNc4cccc5c4CN(C4CCCNC4)C5=O)CC3)CC2)ccc1Nc1ncc(Cl)c(Nc2ccccc2P(C)(C)=O)n1. The molecule has 1 unspecified atom stereocenters. The van der Waals surface area contributed by atoms with Gasteiger partial charge in [-0.05, 0) is 82.0 Å². The van der Waals surface area contributed by atoms with Crippen LogP contribution in [0, 0.1) is 0 Å². The number of hydrogen-bond donors (Lipinski definition) is 4. The molecule has 5 heterocycles. The first-order chi connectivity index (χ1) is 28.6. The second-order valence-electron chi connectivity index (χ2n) is 16.1. The molecule has 3 saturated heterocycles. The Morgan fingerprint density at radius 1 is 0.932 bits per heavy atom. The van der Waals surface area contributed by atoms with Gasteiger partial charge < -0.3 is 45.3 Å². The van der Waals surface area contributed by atoms with E-state index < -0.39 is 7.14 Å². The number of nitrogens with zero attached hydrogens (tertiary/aromatic N) is 6. The van der Waals surface area contributed by atoms with Gasteiger partial charge in [0.1, 0.15) is 17.9 Å². The maximum Gasteiger partial charge on any atom is 0.254 e. The fourth-order valence-electron chi connectivity index (χ4n) is 8.81. The van der Waals surface area contributed by atoms with Gasteiger partial charge in [0.15, 0.2) is 5.82 Å². The molecule has 0 aliphatic carbocycles. The van der Waals surface area contributed by atoms with E-state index in [-0.39, 0.29) is 24.4 Å². The van der Waals surface area contributed by atoms with Gasteiger partial charge in [-0.2, -0.15) is 4.98 Å². The van der Waals surface area contributed by atoms with Gasteiger partial charge in [0, 0.05) is 98.3 Å². The third-order valence-corrected chi connectivity index (χ3v) is 13.9. The van der Waals surface area contributed by atoms with E-state index in [1.165, 1.54) is 6.20 Å². The quantitative estimate of drug-likeness (QED) is 0.128. The Morgan fingerprint density at radius 3 is 2.46 bits per heavy atom. The van der Waals surface area contributed by atoms with Crippen LogP contribution in [0.3, 0.4) is 0 Å². The highest BCUT2D eigenvalue weighted by Gasteiger charge is 2.35. The molecule has 16 heteroatoms. The number of piperidine rings is 2. The van der Waals surface area contributed by atoms with E-state index >= 15 is 0 Å². The molecule has 3 fully saturated rings. The highest BCUT2D eigenvalue weighted by Crippen LogP contribution is 2.39. The Bertz CT molecular complexity index is 2220. The molecule has 14 nitrogen and oxygen atoms in total. The zero-order valence-electron chi connectivity index (χ0n) is 34.0. The van der Waals surface area contributed by atoms with E-state index in [1.54, 1.807) is 20.4 Å². The van der Waals surface area contributed by atoms with Gasteiger partial charge in [-0.25, -0.2) is 4.98 Å². The normalized spacial score (nSPS) is 19.1. The highest BCUT2D eigenvalue weighted by atomic mass is 35.5. The van der Waals surface area contributed by atoms with Crippen molar-refractivity contribution >= 4 is 70.4 Å². The molecular formula is C43H54ClN10O4P. The molecular weight excluding hydrogens is 787 g/mol. The first-order valence-electron chi connectivity index (χ1n) is 20.6. The minimum Gasteiger partial charge on any atom is -0.494 e. The number of anilines is 6. The molecule has 312 valence electrons. The lowest BCUT2D eigenvalue weighted by Crippen LogP contribution is -2.55. The Kier molecular flexibility index (Phi) is 12.3. The molecule has 4 aromatic rings. The number of carbonyl (C=O) groups excluding carboxylic acids is 2. The molecule has 1 aromatic heterocycles. The number of nitrogens with one attached hydrogen (secondary N) is 4. The largest absolute Gasteiger partial charge is 0.494 e. The Balaban J connectivity index is 0.813. The number of amides is 2. The van der Waals surface area contributed by atoms with Crippen molar-refractivity contribution in [2.75, 3.05) is 100 Å². The zero-order valence-corrected chi connectivity index (χ0v) is 35.7. The van der Waals surface area contributed by atoms with Gasteiger partial charge in [-0.1, -0.05) is 29.8 Å². The number of fused-ring (bicyclic) bond motifs is 1. The average Bonchev–Trinajstić information content (AvgIpc) is 3.60. The summed E-state index contributed by atoms with van der Waals surface area (Å²) < 4.78 is 18.7. The van der Waals surface area contributed by atoms with Crippen molar-refractivity contribution in [3.63, 3.8) is 0 Å². The van der Waals surface area contributed by atoms with E-state index in [1.807, 2.05) is 64.4 Å². The van der Waals surface area contributed by atoms with Gasteiger partial charge in [0.2, 0.25) is 11.9 Å². The molecule has 4 aliphatic rings. The van der Waals surface area contributed by atoms with Gasteiger partial charge in [-0.3, -0.25) is 14.5 Å². The van der Waals surface area contributed by atoms with Gasteiger partial charge in [0.25, 0.3) is 5.91 Å². The molecule has 8 rings (SSSR count). The summed E-state index contributed by atoms with van der Waals surface area (Å²) in [6.07, 6.45) is 5.70. The highest BCUT2D eigenvalue weighted by molar-refractivity contribution is 7.70. The standard InChI is InChI=1S/C43H54ClN10O4P/c1-58-38-24-30(13-14-36(38)49-43-47-26-34(44)41(50-43)48-37-10-4-5-12-39(37)59(2,3)57)51-18-15-29(16-19-51)52-20-22-53(23-21-52)40(55)27-46-35-11-6-9-32-33(35)28-54(42(32)56)31-8-7-17-45-25-31/h4-6,9-14,24,26,29,31,45-46H,7-8,15-23,25,27-28H2,1-3H3,(H2,47,48,49,50). The van der Waals surface area contributed by atoms with E-state index in [2.05, 4.69) is 47.1 Å². The predicted molar refractivity (Wildman–Crippen MR) is 236 cm³/mol. The fraction of sp³-hybridized carbons (Fsp3) is 0.442. The first kappa shape index (κ1) is 40.9. The van der Waals surface area contributed by atoms with Crippen LogP contribution in [-0.2, 0) is 15.9 Å². The molecule has 0 radical (unpaired) electrons. The molecule has 2 amide bonds. The van der Waals surface area contributed by atoms with Gasteiger partial charge in [-0.15, -0.1) is 0 Å². The van der Waals surface area contributed by atoms with Crippen LogP contribution in [0.15, 0.2) is 66.9 Å². The lowest BCUT2D eigenvalue weighted by Gasteiger charge is -2.43. The summed E-state index contributed by atoms with van der Waals surface area (Å²) in [5.41, 5.74) is 5.12. The van der Waals surface area contributed by atoms with Crippen LogP contribution >= 0.6 is 18.7 Å². The lowest BCUT2D eigenvalue weighted by molar-refractivity contribution is -0.131. The number of halogens is 1. The molecule has 0 bridgehead atoms. The molecule has 4 N–H and O–H groups in total. The summed E-state index contributed by atoms with van der Waals surface area (Å²) in [4.78, 5) is 44.5. The lowest BCUT2D eigenvalue weighted by atomic mass is 10.0. The van der Waals surface area contributed by atoms with Crippen molar-refractivity contribution < 1.29 is 18.9 Å². The third-order valence-electron chi connectivity index (χ3n) is 12.1. The van der Waals surface area contributed by atoms with Gasteiger partial charge >= 0.3 is 0 Å². The summed E-state index contributed by atoms with van der Waals surface area (Å²) in [7, 11) is -0.899. The number of rotatable bonds is 12. The molecule has 0 spiro atoms. The Morgan fingerprint density at radius 2 is 1.71 bits per heavy atom. The van der Waals surface area contributed by atoms with Crippen molar-refractivity contribution in [2.24, 2.45) is 0 Å². The van der Waals surface area contributed by atoms with Crippen LogP contribution < -0.4 is 36.2 Å². The van der Waals surface area contributed by atoms with Crippen molar-refractivity contribution in [3.05, 3.63) is 83.0 Å². The number of hydrogen-bond acceptors (Lipinski definition) is 12. The zero-order chi connectivity index (χ0) is 41.1. The maximum atomic E-state index is 13.4. The van der Waals surface area contributed by atoms with E-state index in [0.29, 0.717) is 53.9 Å². The molecule has 59 heavy (non-hydrogen) atoms. The van der Waals surface area contributed by atoms with E-state index in [0.717, 1.165) is 98.4 Å². The second kappa shape index (κ2) is 17.8. The number of benzene rings is 3. The number of piperazine rings is 1. The van der Waals surface area contributed by atoms with E-state index in [4.69, 9.17) is 16.3 Å². The molecule has 0 saturated carbocycles. The number of methoxy groups -OCH3 is 1. The minimum absolute atomic E-state index is 0.0909. The van der Waals surface area contributed by atoms with Crippen molar-refractivity contribution in [1.82, 2.24) is 30.0 Å². The van der Waals surface area contributed by atoms with Crippen molar-refractivity contribution in [1.29, 1.82) is 0 Å². The second-order valence-corrected chi connectivity index (χ2v) is 19.7. The molecule has 4 aliphatic heterocycles. The topological polar surface area (TPSA) is 147 Å². The summed E-state index contributed by atoms with van der Waals surface area (Å²) >= 11 is 6.48.